The second-order valence-corrected chi connectivity index (χ2v) is 13.8. The summed E-state index contributed by atoms with van der Waals surface area (Å²) in [5.74, 6) is -4.29. The zero-order valence-corrected chi connectivity index (χ0v) is 32.7. The van der Waals surface area contributed by atoms with Crippen LogP contribution >= 0.6 is 0 Å². The number of carboxylic acid groups (broad SMARTS) is 2. The molecule has 2 bridgehead atoms. The van der Waals surface area contributed by atoms with Crippen molar-refractivity contribution in [2.45, 2.75) is 99.7 Å². The number of likely N-dealkylation sites (N-methyl/N-ethyl adjacent to an activating group) is 1. The first-order valence-electron chi connectivity index (χ1n) is 18.1. The van der Waals surface area contributed by atoms with Gasteiger partial charge in [-0.2, -0.15) is 0 Å². The molecule has 1 aromatic heterocycles. The van der Waals surface area contributed by atoms with E-state index >= 15 is 0 Å². The number of aliphatic hydroxyl groups excluding tert-OH is 10. The predicted molar refractivity (Wildman–Crippen MR) is 187 cm³/mol. The third-order valence-electron chi connectivity index (χ3n) is 9.52. The molecule has 0 saturated carbocycles. The molecule has 325 valence electrons. The van der Waals surface area contributed by atoms with Gasteiger partial charge in [-0.15, -0.1) is 0 Å². The number of pyridine rings is 1. The fourth-order valence-corrected chi connectivity index (χ4v) is 5.94. The average molecular weight is 860 g/mol. The number of carboxylic acids is 2. The molecule has 0 fully saturated rings. The van der Waals surface area contributed by atoms with E-state index < -0.39 is 111 Å². The van der Waals surface area contributed by atoms with Gasteiger partial charge in [0.1, 0.15) is 36.6 Å². The number of nitrogens with zero attached hydrogens (tertiary/aromatic N) is 4. The third-order valence-corrected chi connectivity index (χ3v) is 9.52. The standard InChI is InChI=1S/C34H58N6O16.Mn/c1-38-9-11-39(21(33(53)54)5-7-27(47)35-13-23(43)29(49)31(51)25(45)17-41)15-19-3-2-4-20(37-19)16-40(12-10-38)22(34(55)56)6-8-28(48)36-14-24(44)30(50)32(52)26(46)18-42;/h2-4,21-26,29-32,41-46,49-52H,5-18H2,1H3,(H,35,47)(H,36,48)(H,53,54)(H,55,56);/q;+2/p-2/t21-,22-,23-,24-,25+,26+,29+,30+,31+,32+;/m0./s1. The van der Waals surface area contributed by atoms with Gasteiger partial charge in [-0.25, -0.2) is 0 Å². The van der Waals surface area contributed by atoms with Crippen LogP contribution in [-0.2, 0) is 49.3 Å². The van der Waals surface area contributed by atoms with E-state index in [9.17, 15) is 70.2 Å². The molecule has 1 aromatic rings. The van der Waals surface area contributed by atoms with Crippen molar-refractivity contribution in [1.82, 2.24) is 30.3 Å². The molecule has 1 aliphatic rings. The number of aliphatic carboxylic acids is 2. The molecule has 0 saturated heterocycles. The van der Waals surface area contributed by atoms with Crippen molar-refractivity contribution in [3.63, 3.8) is 0 Å². The third kappa shape index (κ3) is 17.4. The second-order valence-electron chi connectivity index (χ2n) is 13.8. The van der Waals surface area contributed by atoms with E-state index in [1.807, 2.05) is 4.90 Å². The summed E-state index contributed by atoms with van der Waals surface area (Å²) in [6.45, 7) is -1.97. The molecule has 2 amide bonds. The molecule has 0 aliphatic carbocycles. The van der Waals surface area contributed by atoms with Gasteiger partial charge in [-0.1, -0.05) is 6.07 Å². The van der Waals surface area contributed by atoms with Gasteiger partial charge in [0.15, 0.2) is 0 Å². The Kier molecular flexibility index (Phi) is 23.9. The van der Waals surface area contributed by atoms with Gasteiger partial charge in [-0.3, -0.25) is 24.4 Å². The van der Waals surface area contributed by atoms with E-state index in [2.05, 4.69) is 15.6 Å². The van der Waals surface area contributed by atoms with Crippen molar-refractivity contribution in [3.8, 4) is 0 Å². The van der Waals surface area contributed by atoms with Crippen LogP contribution in [0.1, 0.15) is 37.1 Å². The van der Waals surface area contributed by atoms with Crippen LogP contribution in [0.2, 0.25) is 0 Å². The van der Waals surface area contributed by atoms with Crippen LogP contribution in [0.4, 0.5) is 0 Å². The van der Waals surface area contributed by atoms with Crippen molar-refractivity contribution < 1.29 is 97.5 Å². The van der Waals surface area contributed by atoms with Crippen LogP contribution in [0.15, 0.2) is 18.2 Å². The normalized spacial score (nSPS) is 20.1. The van der Waals surface area contributed by atoms with Crippen molar-refractivity contribution in [1.29, 1.82) is 0 Å². The zero-order valence-electron chi connectivity index (χ0n) is 31.5. The molecule has 0 spiro atoms. The number of fused-ring (bicyclic) bond motifs is 2. The van der Waals surface area contributed by atoms with Crippen LogP contribution in [-0.4, -0.2) is 215 Å². The quantitative estimate of drug-likeness (QED) is 0.0482. The molecule has 1 radical (unpaired) electrons. The van der Waals surface area contributed by atoms with Gasteiger partial charge in [0.25, 0.3) is 0 Å². The summed E-state index contributed by atoms with van der Waals surface area (Å²) in [7, 11) is 1.73. The number of aliphatic hydroxyl groups is 10. The zero-order chi connectivity index (χ0) is 42.1. The first-order valence-corrected chi connectivity index (χ1v) is 18.1. The molecule has 0 aromatic carbocycles. The van der Waals surface area contributed by atoms with Crippen molar-refractivity contribution in [2.24, 2.45) is 0 Å². The molecule has 57 heavy (non-hydrogen) atoms. The minimum Gasteiger partial charge on any atom is -0.548 e. The summed E-state index contributed by atoms with van der Waals surface area (Å²) in [6, 6.07) is 2.39. The Bertz CT molecular complexity index is 1290. The fourth-order valence-electron chi connectivity index (χ4n) is 5.94. The van der Waals surface area contributed by atoms with Crippen molar-refractivity contribution >= 4 is 23.8 Å². The van der Waals surface area contributed by atoms with Crippen LogP contribution in [0.5, 0.6) is 0 Å². The van der Waals surface area contributed by atoms with E-state index in [1.165, 1.54) is 0 Å². The SMILES string of the molecule is CN1CCN([C@@H](CCC(=O)NC[C@H](O)[C@@H](O)[C@H](O)[C@H](O)CO)C(=O)[O-])Cc2cccc(n2)CN([C@@H](CCC(=O)NC[C@H](O)[C@@H](O)[C@H](O)[C@H](O)CO)C(=O)[O-])CC1.[Mn+2]. The van der Waals surface area contributed by atoms with Crippen LogP contribution in [0, 0.1) is 0 Å². The first kappa shape index (κ1) is 52.0. The van der Waals surface area contributed by atoms with Gasteiger partial charge >= 0.3 is 17.1 Å². The maximum Gasteiger partial charge on any atom is 2.00 e. The molecule has 2 rings (SSSR count). The fraction of sp³-hybridized carbons (Fsp3) is 0.735. The summed E-state index contributed by atoms with van der Waals surface area (Å²) in [4.78, 5) is 59.4. The van der Waals surface area contributed by atoms with Gasteiger partial charge < -0.3 is 86.4 Å². The number of nitrogens with one attached hydrogen (secondary N) is 2. The van der Waals surface area contributed by atoms with Crippen LogP contribution in [0.25, 0.3) is 0 Å². The molecule has 1 aliphatic heterocycles. The number of hydrogen-bond acceptors (Lipinski definition) is 20. The Balaban J connectivity index is 0.0000162. The number of hydrogen-bond donors (Lipinski definition) is 12. The second kappa shape index (κ2) is 26.2. The minimum absolute atomic E-state index is 0. The maximum absolute atomic E-state index is 12.6. The number of amides is 2. The van der Waals surface area contributed by atoms with Crippen molar-refractivity contribution in [3.05, 3.63) is 29.6 Å². The maximum atomic E-state index is 12.6. The van der Waals surface area contributed by atoms with Crippen molar-refractivity contribution in [2.75, 3.05) is 59.5 Å². The molecule has 23 heteroatoms. The Morgan fingerprint density at radius 1 is 0.649 bits per heavy atom. The van der Waals surface area contributed by atoms with Gasteiger partial charge in [0, 0.05) is 65.2 Å². The molecule has 2 heterocycles. The van der Waals surface area contributed by atoms with Gasteiger partial charge in [0.05, 0.1) is 60.8 Å². The molecular formula is C34H56MnN6O16. The summed E-state index contributed by atoms with van der Waals surface area (Å²) in [5, 5.41) is 126. The predicted octanol–water partition coefficient (Wildman–Crippen LogP) is -9.47. The monoisotopic (exact) mass is 859 g/mol. The number of carbonyl (C=O) groups is 4. The topological polar surface area (TPSA) is 363 Å². The molecule has 10 atom stereocenters. The van der Waals surface area contributed by atoms with E-state index in [-0.39, 0.29) is 82.0 Å². The van der Waals surface area contributed by atoms with Gasteiger partial charge in [0.2, 0.25) is 11.8 Å². The average Bonchev–Trinajstić information content (AvgIpc) is 3.17. The molecule has 12 N–H and O–H groups in total. The largest absolute Gasteiger partial charge is 2.00 e. The summed E-state index contributed by atoms with van der Waals surface area (Å²) < 4.78 is 0. The van der Waals surface area contributed by atoms with E-state index in [0.717, 1.165) is 0 Å². The molecule has 0 unspecified atom stereocenters. The summed E-state index contributed by atoms with van der Waals surface area (Å²) in [6.07, 6.45) is -15.6. The smallest absolute Gasteiger partial charge is 0.548 e. The first-order chi connectivity index (χ1) is 26.4. The molecular weight excluding hydrogens is 803 g/mol. The summed E-state index contributed by atoms with van der Waals surface area (Å²) in [5.41, 5.74) is 0.840. The number of rotatable bonds is 22. The van der Waals surface area contributed by atoms with Gasteiger partial charge in [-0.05, 0) is 32.0 Å². The summed E-state index contributed by atoms with van der Waals surface area (Å²) >= 11 is 0. The number of aromatic nitrogens is 1. The van der Waals surface area contributed by atoms with E-state index in [4.69, 9.17) is 10.2 Å². The number of carbonyl (C=O) groups excluding carboxylic acids is 4. The van der Waals surface area contributed by atoms with E-state index in [0.29, 0.717) is 11.4 Å². The molecule has 22 nitrogen and oxygen atoms in total. The Hall–Kier alpha value is -2.97. The minimum atomic E-state index is -1.90. The Morgan fingerprint density at radius 2 is 1.00 bits per heavy atom. The Morgan fingerprint density at radius 3 is 1.33 bits per heavy atom. The van der Waals surface area contributed by atoms with Crippen LogP contribution < -0.4 is 20.8 Å². The van der Waals surface area contributed by atoms with E-state index in [1.54, 1.807) is 35.0 Å². The van der Waals surface area contributed by atoms with Crippen LogP contribution in [0.3, 0.4) is 0 Å². The Labute approximate surface area is 339 Å².